The highest BCUT2D eigenvalue weighted by molar-refractivity contribution is 5.69. The van der Waals surface area contributed by atoms with Gasteiger partial charge in [-0.3, -0.25) is 9.59 Å². The molecule has 2 saturated carbocycles. The lowest BCUT2D eigenvalue weighted by Gasteiger charge is -2.60. The summed E-state index contributed by atoms with van der Waals surface area (Å²) < 4.78 is 23.6. The molecular formula is C22H34O8. The smallest absolute Gasteiger partial charge is 0.306 e. The number of fused-ring (bicyclic) bond motifs is 2. The second-order valence-electron chi connectivity index (χ2n) is 10.3. The van der Waals surface area contributed by atoms with Crippen molar-refractivity contribution in [3.63, 3.8) is 0 Å². The molecule has 2 bridgehead atoms. The number of ether oxygens (including phenoxy) is 4. The Morgan fingerprint density at radius 1 is 1.27 bits per heavy atom. The maximum absolute atomic E-state index is 12.4. The molecule has 4 rings (SSSR count). The molecule has 1 unspecified atom stereocenters. The van der Waals surface area contributed by atoms with Gasteiger partial charge in [0.05, 0.1) is 18.8 Å². The summed E-state index contributed by atoms with van der Waals surface area (Å²) in [5, 5.41) is 21.9. The summed E-state index contributed by atoms with van der Waals surface area (Å²) in [5.41, 5.74) is -2.58. The Balaban J connectivity index is 1.72. The lowest BCUT2D eigenvalue weighted by atomic mass is 9.49. The van der Waals surface area contributed by atoms with Crippen LogP contribution in [0.3, 0.4) is 0 Å². The number of carbonyl (C=O) groups excluding carboxylic acids is 2. The van der Waals surface area contributed by atoms with Crippen LogP contribution in [0.1, 0.15) is 53.9 Å². The largest absolute Gasteiger partial charge is 0.465 e. The van der Waals surface area contributed by atoms with E-state index in [1.54, 1.807) is 0 Å². The number of epoxide rings is 1. The molecule has 2 aliphatic heterocycles. The highest BCUT2D eigenvalue weighted by atomic mass is 16.6. The fourth-order valence-electron chi connectivity index (χ4n) is 6.33. The lowest BCUT2D eigenvalue weighted by molar-refractivity contribution is -0.270. The van der Waals surface area contributed by atoms with Crippen LogP contribution >= 0.6 is 0 Å². The number of carbonyl (C=O) groups is 2. The van der Waals surface area contributed by atoms with Gasteiger partial charge < -0.3 is 29.2 Å². The molecule has 2 heterocycles. The molecule has 4 fully saturated rings. The molecule has 8 heteroatoms. The first kappa shape index (κ1) is 22.0. The summed E-state index contributed by atoms with van der Waals surface area (Å²) in [6.45, 7) is 9.56. The fraction of sp³-hybridized carbons (Fsp3) is 0.909. The van der Waals surface area contributed by atoms with E-state index in [0.29, 0.717) is 25.9 Å². The molecule has 2 saturated heterocycles. The van der Waals surface area contributed by atoms with Crippen molar-refractivity contribution in [3.8, 4) is 0 Å². The number of aliphatic hydroxyl groups excluding tert-OH is 2. The van der Waals surface area contributed by atoms with Crippen LogP contribution in [0.2, 0.25) is 0 Å². The number of esters is 2. The molecule has 0 aromatic carbocycles. The molecule has 170 valence electrons. The van der Waals surface area contributed by atoms with Crippen molar-refractivity contribution >= 4 is 11.9 Å². The Hall–Kier alpha value is -1.22. The first-order chi connectivity index (χ1) is 14.0. The SMILES string of the molecule is CC(=O)OC[C@]12C[C@H](OC(=O)CC(C)C)C(C)C[C@H]1O[C@@H]1[C@H](O)[C@@H](O)[C@@]2(C)[C@]12CO2. The minimum Gasteiger partial charge on any atom is -0.465 e. The van der Waals surface area contributed by atoms with E-state index in [0.717, 1.165) is 0 Å². The Morgan fingerprint density at radius 2 is 1.93 bits per heavy atom. The van der Waals surface area contributed by atoms with Gasteiger partial charge in [-0.05, 0) is 24.7 Å². The summed E-state index contributed by atoms with van der Waals surface area (Å²) in [5.74, 6) is -0.472. The van der Waals surface area contributed by atoms with Gasteiger partial charge in [-0.2, -0.15) is 0 Å². The summed E-state index contributed by atoms with van der Waals surface area (Å²) in [4.78, 5) is 24.2. The first-order valence-electron chi connectivity index (χ1n) is 11.0. The van der Waals surface area contributed by atoms with E-state index in [1.165, 1.54) is 6.92 Å². The van der Waals surface area contributed by atoms with E-state index in [1.807, 2.05) is 27.7 Å². The van der Waals surface area contributed by atoms with Gasteiger partial charge >= 0.3 is 11.9 Å². The maximum atomic E-state index is 12.4. The van der Waals surface area contributed by atoms with Gasteiger partial charge in [0.2, 0.25) is 0 Å². The van der Waals surface area contributed by atoms with E-state index in [-0.39, 0.29) is 30.5 Å². The number of hydrogen-bond donors (Lipinski definition) is 2. The van der Waals surface area contributed by atoms with Gasteiger partial charge in [0.25, 0.3) is 0 Å². The van der Waals surface area contributed by atoms with E-state index < -0.39 is 46.8 Å². The van der Waals surface area contributed by atoms with Gasteiger partial charge in [-0.15, -0.1) is 0 Å². The lowest BCUT2D eigenvalue weighted by Crippen LogP contribution is -2.69. The van der Waals surface area contributed by atoms with Gasteiger partial charge in [0.15, 0.2) is 0 Å². The molecule has 2 N–H and O–H groups in total. The molecule has 0 radical (unpaired) electrons. The quantitative estimate of drug-likeness (QED) is 0.498. The Labute approximate surface area is 177 Å². The van der Waals surface area contributed by atoms with Crippen LogP contribution in [-0.2, 0) is 28.5 Å². The van der Waals surface area contributed by atoms with Crippen LogP contribution in [0.25, 0.3) is 0 Å². The van der Waals surface area contributed by atoms with Crippen LogP contribution in [0.15, 0.2) is 0 Å². The minimum absolute atomic E-state index is 0.00998. The third-order valence-corrected chi connectivity index (χ3v) is 8.16. The molecule has 0 amide bonds. The van der Waals surface area contributed by atoms with Crippen molar-refractivity contribution in [2.24, 2.45) is 22.7 Å². The topological polar surface area (TPSA) is 115 Å². The van der Waals surface area contributed by atoms with Crippen molar-refractivity contribution in [1.29, 1.82) is 0 Å². The molecular weight excluding hydrogens is 392 g/mol. The first-order valence-corrected chi connectivity index (χ1v) is 11.0. The molecule has 4 aliphatic rings. The van der Waals surface area contributed by atoms with Crippen LogP contribution in [-0.4, -0.2) is 71.5 Å². The van der Waals surface area contributed by atoms with Crippen molar-refractivity contribution in [1.82, 2.24) is 0 Å². The van der Waals surface area contributed by atoms with Gasteiger partial charge in [0, 0.05) is 24.2 Å². The van der Waals surface area contributed by atoms with Crippen LogP contribution < -0.4 is 0 Å². The average Bonchev–Trinajstić information content (AvgIpc) is 3.43. The zero-order valence-corrected chi connectivity index (χ0v) is 18.4. The molecule has 30 heavy (non-hydrogen) atoms. The third kappa shape index (κ3) is 2.87. The van der Waals surface area contributed by atoms with E-state index in [2.05, 4.69) is 0 Å². The predicted molar refractivity (Wildman–Crippen MR) is 104 cm³/mol. The third-order valence-electron chi connectivity index (χ3n) is 8.16. The van der Waals surface area contributed by atoms with Crippen molar-refractivity contribution in [3.05, 3.63) is 0 Å². The van der Waals surface area contributed by atoms with Crippen LogP contribution in [0, 0.1) is 22.7 Å². The molecule has 8 nitrogen and oxygen atoms in total. The summed E-state index contributed by atoms with van der Waals surface area (Å²) in [6, 6.07) is 0. The predicted octanol–water partition coefficient (Wildman–Crippen LogP) is 1.20. The maximum Gasteiger partial charge on any atom is 0.306 e. The zero-order chi connectivity index (χ0) is 22.1. The number of aliphatic hydroxyl groups is 2. The average molecular weight is 427 g/mol. The summed E-state index contributed by atoms with van der Waals surface area (Å²) >= 11 is 0. The molecule has 9 atom stereocenters. The second kappa shape index (κ2) is 7.15. The number of rotatable bonds is 5. The summed E-state index contributed by atoms with van der Waals surface area (Å²) in [7, 11) is 0. The van der Waals surface area contributed by atoms with Crippen molar-refractivity contribution in [2.45, 2.75) is 90.0 Å². The van der Waals surface area contributed by atoms with Gasteiger partial charge in [-0.1, -0.05) is 27.7 Å². The highest BCUT2D eigenvalue weighted by Crippen LogP contribution is 2.72. The highest BCUT2D eigenvalue weighted by Gasteiger charge is 2.85. The minimum atomic E-state index is -1.11. The fourth-order valence-corrected chi connectivity index (χ4v) is 6.33. The van der Waals surface area contributed by atoms with Crippen LogP contribution in [0.5, 0.6) is 0 Å². The normalized spacial score (nSPS) is 49.1. The van der Waals surface area contributed by atoms with Crippen molar-refractivity contribution < 1.29 is 38.7 Å². The van der Waals surface area contributed by atoms with Crippen molar-refractivity contribution in [2.75, 3.05) is 13.2 Å². The van der Waals surface area contributed by atoms with E-state index in [9.17, 15) is 19.8 Å². The number of hydrogen-bond acceptors (Lipinski definition) is 8. The molecule has 0 aromatic heterocycles. The Kier molecular flexibility index (Phi) is 5.24. The Morgan fingerprint density at radius 3 is 2.50 bits per heavy atom. The van der Waals surface area contributed by atoms with Gasteiger partial charge in [-0.25, -0.2) is 0 Å². The standard InChI is InChI=1S/C22H34O8/c1-11(2)6-16(24)29-14-8-21(9-27-13(4)23)15(7-12(14)3)30-19-17(25)18(26)20(21,5)22(19)10-28-22/h11-12,14-15,17-19,25-26H,6-10H2,1-5H3/t12?,14-,15+,17+,18+,19+,20+,21+,22-/m0/s1. The van der Waals surface area contributed by atoms with Crippen LogP contribution in [0.4, 0.5) is 0 Å². The molecule has 1 spiro atoms. The second-order valence-corrected chi connectivity index (χ2v) is 10.3. The zero-order valence-electron chi connectivity index (χ0n) is 18.4. The van der Waals surface area contributed by atoms with Gasteiger partial charge in [0.1, 0.15) is 30.5 Å². The monoisotopic (exact) mass is 426 g/mol. The molecule has 2 aliphatic carbocycles. The van der Waals surface area contributed by atoms with E-state index in [4.69, 9.17) is 18.9 Å². The molecule has 0 aromatic rings. The van der Waals surface area contributed by atoms with E-state index >= 15 is 0 Å². The summed E-state index contributed by atoms with van der Waals surface area (Å²) in [6.07, 6.45) is -2.31. The Bertz CT molecular complexity index is 718.